The van der Waals surface area contributed by atoms with Crippen molar-refractivity contribution in [1.82, 2.24) is 0 Å². The van der Waals surface area contributed by atoms with Crippen LogP contribution in [0.2, 0.25) is 0 Å². The van der Waals surface area contributed by atoms with Crippen molar-refractivity contribution in [2.45, 2.75) is 31.8 Å². The van der Waals surface area contributed by atoms with Crippen LogP contribution >= 0.6 is 0 Å². The number of fused-ring (bicyclic) bond motifs is 2. The van der Waals surface area contributed by atoms with Crippen molar-refractivity contribution in [2.24, 2.45) is 11.8 Å². The third-order valence-electron chi connectivity index (χ3n) is 2.86. The lowest BCUT2D eigenvalue weighted by atomic mass is 9.74. The van der Waals surface area contributed by atoms with Crippen molar-refractivity contribution < 1.29 is 5.11 Å². The Morgan fingerprint density at radius 2 is 2.20 bits per heavy atom. The zero-order valence-corrected chi connectivity index (χ0v) is 6.16. The van der Waals surface area contributed by atoms with Gasteiger partial charge in [0.1, 0.15) is 0 Å². The number of aliphatic hydroxyl groups excluding tert-OH is 1. The first-order chi connectivity index (χ1) is 4.88. The maximum Gasteiger partial charge on any atom is 0.0633 e. The molecule has 1 heteroatoms. The molecule has 0 aromatic rings. The van der Waals surface area contributed by atoms with Crippen molar-refractivity contribution >= 4 is 0 Å². The fraction of sp³-hybridized carbons (Fsp3) is 0.778. The van der Waals surface area contributed by atoms with Gasteiger partial charge in [-0.05, 0) is 25.2 Å². The molecule has 0 unspecified atom stereocenters. The summed E-state index contributed by atoms with van der Waals surface area (Å²) in [6.07, 6.45) is 9.28. The van der Waals surface area contributed by atoms with Crippen LogP contribution in [0.3, 0.4) is 0 Å². The van der Waals surface area contributed by atoms with E-state index in [4.69, 9.17) is 0 Å². The Labute approximate surface area is 61.8 Å². The Hall–Kier alpha value is -0.300. The molecule has 0 aliphatic heterocycles. The number of hydrogen-bond donors (Lipinski definition) is 1. The van der Waals surface area contributed by atoms with Crippen LogP contribution in [0.5, 0.6) is 0 Å². The number of rotatable bonds is 0. The quantitative estimate of drug-likeness (QED) is 0.505. The summed E-state index contributed by atoms with van der Waals surface area (Å²) in [7, 11) is 0. The zero-order chi connectivity index (χ0) is 6.97. The lowest BCUT2D eigenvalue weighted by molar-refractivity contribution is 0.0315. The molecule has 3 atom stereocenters. The Bertz CT molecular complexity index is 151. The first-order valence-corrected chi connectivity index (χ1v) is 4.22. The molecule has 56 valence electrons. The Balaban J connectivity index is 2.17. The fourth-order valence-corrected chi connectivity index (χ4v) is 2.20. The van der Waals surface area contributed by atoms with Gasteiger partial charge in [-0.25, -0.2) is 0 Å². The van der Waals surface area contributed by atoms with Crippen LogP contribution < -0.4 is 0 Å². The molecular formula is C9H14O. The SMILES string of the molecule is O[C@@H]1[C@H]2CC=C[C@@H]1CCC2. The van der Waals surface area contributed by atoms with Crippen molar-refractivity contribution in [1.29, 1.82) is 0 Å². The van der Waals surface area contributed by atoms with Crippen molar-refractivity contribution in [3.8, 4) is 0 Å². The lowest BCUT2D eigenvalue weighted by Crippen LogP contribution is -2.34. The fourth-order valence-electron chi connectivity index (χ4n) is 2.20. The second-order valence-electron chi connectivity index (χ2n) is 3.51. The molecule has 1 fully saturated rings. The van der Waals surface area contributed by atoms with E-state index in [1.807, 2.05) is 0 Å². The minimum atomic E-state index is -0.0150. The molecule has 2 aliphatic rings. The Morgan fingerprint density at radius 3 is 2.90 bits per heavy atom. The van der Waals surface area contributed by atoms with E-state index in [0.717, 1.165) is 6.42 Å². The van der Waals surface area contributed by atoms with Gasteiger partial charge in [0.15, 0.2) is 0 Å². The van der Waals surface area contributed by atoms with E-state index in [9.17, 15) is 5.11 Å². The second-order valence-corrected chi connectivity index (χ2v) is 3.51. The van der Waals surface area contributed by atoms with Crippen LogP contribution in [0.15, 0.2) is 12.2 Å². The van der Waals surface area contributed by atoms with Gasteiger partial charge in [0.25, 0.3) is 0 Å². The van der Waals surface area contributed by atoms with Gasteiger partial charge in [-0.2, -0.15) is 0 Å². The van der Waals surface area contributed by atoms with Gasteiger partial charge in [-0.3, -0.25) is 0 Å². The summed E-state index contributed by atoms with van der Waals surface area (Å²) in [4.78, 5) is 0. The van der Waals surface area contributed by atoms with Crippen LogP contribution in [0.25, 0.3) is 0 Å². The summed E-state index contributed by atoms with van der Waals surface area (Å²) in [6.45, 7) is 0. The minimum absolute atomic E-state index is 0.0150. The van der Waals surface area contributed by atoms with Gasteiger partial charge < -0.3 is 5.11 Å². The molecule has 2 aliphatic carbocycles. The molecule has 1 nitrogen and oxygen atoms in total. The number of aliphatic hydroxyl groups is 1. The largest absolute Gasteiger partial charge is 0.392 e. The molecule has 0 spiro atoms. The summed E-state index contributed by atoms with van der Waals surface area (Å²) < 4.78 is 0. The van der Waals surface area contributed by atoms with Crippen LogP contribution in [0.4, 0.5) is 0 Å². The molecule has 0 heterocycles. The van der Waals surface area contributed by atoms with E-state index in [0.29, 0.717) is 11.8 Å². The van der Waals surface area contributed by atoms with Gasteiger partial charge in [0.2, 0.25) is 0 Å². The first kappa shape index (κ1) is 6.41. The van der Waals surface area contributed by atoms with E-state index in [1.54, 1.807) is 0 Å². The molecule has 10 heavy (non-hydrogen) atoms. The van der Waals surface area contributed by atoms with Gasteiger partial charge >= 0.3 is 0 Å². The van der Waals surface area contributed by atoms with Crippen LogP contribution in [-0.4, -0.2) is 11.2 Å². The monoisotopic (exact) mass is 138 g/mol. The van der Waals surface area contributed by atoms with Gasteiger partial charge in [0.05, 0.1) is 6.10 Å². The molecule has 1 saturated carbocycles. The molecular weight excluding hydrogens is 124 g/mol. The Kier molecular flexibility index (Phi) is 1.53. The lowest BCUT2D eigenvalue weighted by Gasteiger charge is -2.35. The number of hydrogen-bond acceptors (Lipinski definition) is 1. The molecule has 2 rings (SSSR count). The normalized spacial score (nSPS) is 45.5. The smallest absolute Gasteiger partial charge is 0.0633 e. The molecule has 0 aromatic heterocycles. The van der Waals surface area contributed by atoms with Gasteiger partial charge in [-0.15, -0.1) is 0 Å². The highest BCUT2D eigenvalue weighted by Crippen LogP contribution is 2.35. The Morgan fingerprint density at radius 1 is 1.30 bits per heavy atom. The minimum Gasteiger partial charge on any atom is -0.392 e. The van der Waals surface area contributed by atoms with Crippen LogP contribution in [0, 0.1) is 11.8 Å². The third kappa shape index (κ3) is 0.891. The standard InChI is InChI=1S/C9H14O/c10-9-7-3-1-4-8(9)6-2-5-7/h1,3,7-10H,2,4-6H2/t7-,8+,9+/m1/s1. The summed E-state index contributed by atoms with van der Waals surface area (Å²) >= 11 is 0. The average molecular weight is 138 g/mol. The maximum atomic E-state index is 9.64. The molecule has 2 bridgehead atoms. The summed E-state index contributed by atoms with van der Waals surface area (Å²) in [5, 5.41) is 9.64. The summed E-state index contributed by atoms with van der Waals surface area (Å²) in [6, 6.07) is 0. The third-order valence-corrected chi connectivity index (χ3v) is 2.86. The van der Waals surface area contributed by atoms with E-state index in [1.165, 1.54) is 19.3 Å². The van der Waals surface area contributed by atoms with Crippen molar-refractivity contribution in [3.63, 3.8) is 0 Å². The van der Waals surface area contributed by atoms with Gasteiger partial charge in [0, 0.05) is 5.92 Å². The van der Waals surface area contributed by atoms with E-state index in [-0.39, 0.29) is 6.10 Å². The first-order valence-electron chi connectivity index (χ1n) is 4.22. The topological polar surface area (TPSA) is 20.2 Å². The van der Waals surface area contributed by atoms with E-state index >= 15 is 0 Å². The molecule has 0 aromatic carbocycles. The van der Waals surface area contributed by atoms with Crippen molar-refractivity contribution in [2.75, 3.05) is 0 Å². The molecule has 0 radical (unpaired) electrons. The zero-order valence-electron chi connectivity index (χ0n) is 6.16. The summed E-state index contributed by atoms with van der Waals surface area (Å²) in [5.41, 5.74) is 0. The maximum absolute atomic E-state index is 9.64. The molecule has 0 saturated heterocycles. The van der Waals surface area contributed by atoms with Crippen LogP contribution in [0.1, 0.15) is 25.7 Å². The second kappa shape index (κ2) is 2.39. The predicted molar refractivity (Wildman–Crippen MR) is 40.6 cm³/mol. The highest BCUT2D eigenvalue weighted by molar-refractivity contribution is 5.03. The van der Waals surface area contributed by atoms with Crippen molar-refractivity contribution in [3.05, 3.63) is 12.2 Å². The van der Waals surface area contributed by atoms with E-state index in [2.05, 4.69) is 12.2 Å². The van der Waals surface area contributed by atoms with Crippen LogP contribution in [-0.2, 0) is 0 Å². The van der Waals surface area contributed by atoms with E-state index < -0.39 is 0 Å². The average Bonchev–Trinajstić information content (AvgIpc) is 1.86. The predicted octanol–water partition coefficient (Wildman–Crippen LogP) is 1.72. The molecule has 1 N–H and O–H groups in total. The number of allylic oxidation sites excluding steroid dienone is 1. The van der Waals surface area contributed by atoms with Gasteiger partial charge in [-0.1, -0.05) is 18.6 Å². The summed E-state index contributed by atoms with van der Waals surface area (Å²) in [5.74, 6) is 1.08. The highest BCUT2D eigenvalue weighted by Gasteiger charge is 2.31. The molecule has 0 amide bonds. The highest BCUT2D eigenvalue weighted by atomic mass is 16.3.